The molecule has 6 nitrogen and oxygen atoms in total. The largest absolute Gasteiger partial charge is 0.331 e. The molecule has 3 aromatic rings. The van der Waals surface area contributed by atoms with E-state index in [1.165, 1.54) is 0 Å². The Morgan fingerprint density at radius 1 is 1.10 bits per heavy atom. The zero-order valence-corrected chi connectivity index (χ0v) is 17.3. The average Bonchev–Trinajstić information content (AvgIpc) is 3.36. The lowest BCUT2D eigenvalue weighted by Crippen LogP contribution is -2.53. The number of benzene rings is 2. The fourth-order valence-electron chi connectivity index (χ4n) is 3.99. The van der Waals surface area contributed by atoms with Gasteiger partial charge in [0.2, 0.25) is 5.91 Å². The predicted molar refractivity (Wildman–Crippen MR) is 116 cm³/mol. The van der Waals surface area contributed by atoms with Crippen LogP contribution in [0.4, 0.5) is 5.69 Å². The van der Waals surface area contributed by atoms with Crippen LogP contribution in [0.1, 0.15) is 41.5 Å². The molecule has 2 aromatic carbocycles. The Morgan fingerprint density at radius 2 is 1.83 bits per heavy atom. The third kappa shape index (κ3) is 3.85. The van der Waals surface area contributed by atoms with Crippen molar-refractivity contribution in [2.45, 2.75) is 38.8 Å². The molecule has 0 aliphatic carbocycles. The Balaban J connectivity index is 1.46. The Bertz CT molecular complexity index is 1040. The summed E-state index contributed by atoms with van der Waals surface area (Å²) >= 11 is 0. The van der Waals surface area contributed by atoms with Crippen LogP contribution in [0.3, 0.4) is 0 Å². The van der Waals surface area contributed by atoms with E-state index in [-0.39, 0.29) is 11.8 Å². The minimum atomic E-state index is -0.862. The number of nitrogens with zero attached hydrogens (tertiary/aromatic N) is 3. The Morgan fingerprint density at radius 3 is 2.50 bits per heavy atom. The molecule has 1 aromatic heterocycles. The lowest BCUT2D eigenvalue weighted by molar-refractivity contribution is -0.124. The van der Waals surface area contributed by atoms with Crippen molar-refractivity contribution in [1.29, 1.82) is 0 Å². The van der Waals surface area contributed by atoms with Crippen molar-refractivity contribution in [3.63, 3.8) is 0 Å². The first kappa shape index (κ1) is 19.9. The molecule has 0 bridgehead atoms. The van der Waals surface area contributed by atoms with Crippen molar-refractivity contribution < 1.29 is 9.59 Å². The number of imidazole rings is 1. The summed E-state index contributed by atoms with van der Waals surface area (Å²) < 4.78 is 2.07. The van der Waals surface area contributed by atoms with Gasteiger partial charge >= 0.3 is 0 Å². The van der Waals surface area contributed by atoms with Gasteiger partial charge in [-0.1, -0.05) is 30.3 Å². The Labute approximate surface area is 176 Å². The minimum Gasteiger partial charge on any atom is -0.331 e. The van der Waals surface area contributed by atoms with Gasteiger partial charge in [-0.25, -0.2) is 4.98 Å². The molecule has 1 aliphatic heterocycles. The number of hydrogen-bond acceptors (Lipinski definition) is 3. The number of nitrogens with one attached hydrogen (secondary N) is 1. The molecule has 154 valence electrons. The van der Waals surface area contributed by atoms with Crippen LogP contribution in [0.15, 0.2) is 67.0 Å². The fraction of sp³-hybridized carbons (Fsp3) is 0.292. The summed E-state index contributed by atoms with van der Waals surface area (Å²) in [6, 6.07) is 16.9. The van der Waals surface area contributed by atoms with Crippen molar-refractivity contribution in [2.24, 2.45) is 0 Å². The van der Waals surface area contributed by atoms with E-state index in [0.717, 1.165) is 30.0 Å². The van der Waals surface area contributed by atoms with Gasteiger partial charge < -0.3 is 14.8 Å². The van der Waals surface area contributed by atoms with Crippen LogP contribution in [-0.2, 0) is 11.3 Å². The summed E-state index contributed by atoms with van der Waals surface area (Å²) in [4.78, 5) is 32.1. The summed E-state index contributed by atoms with van der Waals surface area (Å²) in [7, 11) is 0. The lowest BCUT2D eigenvalue weighted by atomic mass is 9.96. The maximum Gasteiger partial charge on any atom is 0.254 e. The van der Waals surface area contributed by atoms with Crippen LogP contribution in [0.2, 0.25) is 0 Å². The van der Waals surface area contributed by atoms with E-state index in [9.17, 15) is 9.59 Å². The van der Waals surface area contributed by atoms with Crippen molar-refractivity contribution in [3.8, 4) is 0 Å². The molecule has 30 heavy (non-hydrogen) atoms. The second kappa shape index (κ2) is 8.14. The highest BCUT2D eigenvalue weighted by atomic mass is 16.2. The number of carbonyl (C=O) groups is 2. The summed E-state index contributed by atoms with van der Waals surface area (Å²) in [5, 5.41) is 3.01. The minimum absolute atomic E-state index is 0.100. The molecule has 1 fully saturated rings. The number of carbonyl (C=O) groups excluding carboxylic acids is 2. The molecule has 6 heteroatoms. The highest BCUT2D eigenvalue weighted by molar-refractivity contribution is 6.03. The summed E-state index contributed by atoms with van der Waals surface area (Å²) in [6.07, 6.45) is 5.19. The van der Waals surface area contributed by atoms with E-state index in [1.54, 1.807) is 23.2 Å². The zero-order valence-electron chi connectivity index (χ0n) is 17.3. The molecule has 2 amide bonds. The van der Waals surface area contributed by atoms with E-state index in [0.29, 0.717) is 18.5 Å². The van der Waals surface area contributed by atoms with E-state index in [1.807, 2.05) is 62.5 Å². The highest BCUT2D eigenvalue weighted by Crippen LogP contribution is 2.32. The number of anilines is 1. The molecular weight excluding hydrogens is 376 g/mol. The van der Waals surface area contributed by atoms with Gasteiger partial charge in [0, 0.05) is 36.7 Å². The molecule has 4 rings (SSSR count). The molecule has 0 saturated carbocycles. The van der Waals surface area contributed by atoms with E-state index in [2.05, 4.69) is 14.9 Å². The quantitative estimate of drug-likeness (QED) is 0.704. The van der Waals surface area contributed by atoms with Crippen molar-refractivity contribution in [3.05, 3.63) is 83.9 Å². The summed E-state index contributed by atoms with van der Waals surface area (Å²) in [5.74, 6) is 0.712. The number of rotatable bonds is 5. The monoisotopic (exact) mass is 402 g/mol. The van der Waals surface area contributed by atoms with Crippen molar-refractivity contribution in [1.82, 2.24) is 14.5 Å². The van der Waals surface area contributed by atoms with Gasteiger partial charge in [0.1, 0.15) is 11.4 Å². The second-order valence-corrected chi connectivity index (χ2v) is 7.95. The topological polar surface area (TPSA) is 67.2 Å². The van der Waals surface area contributed by atoms with Gasteiger partial charge in [-0.15, -0.1) is 0 Å². The normalized spacial score (nSPS) is 18.4. The lowest BCUT2D eigenvalue weighted by Gasteiger charge is -2.34. The van der Waals surface area contributed by atoms with Crippen LogP contribution in [0.25, 0.3) is 0 Å². The molecule has 1 atom stereocenters. The van der Waals surface area contributed by atoms with Crippen LogP contribution in [0, 0.1) is 6.92 Å². The number of amides is 2. The number of likely N-dealkylation sites (tertiary alicyclic amines) is 1. The van der Waals surface area contributed by atoms with E-state index >= 15 is 0 Å². The maximum absolute atomic E-state index is 13.2. The highest BCUT2D eigenvalue weighted by Gasteiger charge is 2.45. The summed E-state index contributed by atoms with van der Waals surface area (Å²) in [5.41, 5.74) is 1.60. The van der Waals surface area contributed by atoms with Gasteiger partial charge in [0.25, 0.3) is 5.91 Å². The molecular formula is C24H26N4O2. The van der Waals surface area contributed by atoms with Crippen molar-refractivity contribution >= 4 is 17.5 Å². The van der Waals surface area contributed by atoms with Gasteiger partial charge in [-0.2, -0.15) is 0 Å². The average molecular weight is 402 g/mol. The van der Waals surface area contributed by atoms with Gasteiger partial charge in [-0.05, 0) is 56.5 Å². The molecule has 0 spiro atoms. The molecule has 1 aliphatic rings. The van der Waals surface area contributed by atoms with E-state index in [4.69, 9.17) is 0 Å². The van der Waals surface area contributed by atoms with Gasteiger partial charge in [0.05, 0.1) is 0 Å². The number of aromatic nitrogens is 2. The standard InChI is InChI=1S/C24H26N4O2/c1-18-25-14-16-27(18)17-19-9-11-21(12-10-19)26-23(30)24(2)13-6-15-28(24)22(29)20-7-4-3-5-8-20/h3-5,7-12,14,16H,6,13,15,17H2,1-2H3,(H,26,30). The Kier molecular flexibility index (Phi) is 5.40. The first-order valence-corrected chi connectivity index (χ1v) is 10.2. The maximum atomic E-state index is 13.2. The number of hydrogen-bond donors (Lipinski definition) is 1. The fourth-order valence-corrected chi connectivity index (χ4v) is 3.99. The molecule has 1 N–H and O–H groups in total. The third-order valence-corrected chi connectivity index (χ3v) is 5.88. The zero-order chi connectivity index (χ0) is 21.1. The van der Waals surface area contributed by atoms with Gasteiger partial charge in [-0.3, -0.25) is 9.59 Å². The van der Waals surface area contributed by atoms with Crippen LogP contribution in [0.5, 0.6) is 0 Å². The molecule has 2 heterocycles. The van der Waals surface area contributed by atoms with Crippen LogP contribution >= 0.6 is 0 Å². The first-order chi connectivity index (χ1) is 14.5. The third-order valence-electron chi connectivity index (χ3n) is 5.88. The Hall–Kier alpha value is -3.41. The first-order valence-electron chi connectivity index (χ1n) is 10.2. The van der Waals surface area contributed by atoms with E-state index < -0.39 is 5.54 Å². The van der Waals surface area contributed by atoms with Crippen LogP contribution < -0.4 is 5.32 Å². The molecule has 1 unspecified atom stereocenters. The predicted octanol–water partition coefficient (Wildman–Crippen LogP) is 3.87. The number of aryl methyl sites for hydroxylation is 1. The second-order valence-electron chi connectivity index (χ2n) is 7.95. The smallest absolute Gasteiger partial charge is 0.254 e. The molecule has 1 saturated heterocycles. The summed E-state index contributed by atoms with van der Waals surface area (Å²) in [6.45, 7) is 5.14. The van der Waals surface area contributed by atoms with Crippen molar-refractivity contribution in [2.75, 3.05) is 11.9 Å². The SMILES string of the molecule is Cc1nccn1Cc1ccc(NC(=O)C2(C)CCCN2C(=O)c2ccccc2)cc1. The van der Waals surface area contributed by atoms with Crippen LogP contribution in [-0.4, -0.2) is 38.3 Å². The van der Waals surface area contributed by atoms with Gasteiger partial charge in [0.15, 0.2) is 0 Å². The molecule has 0 radical (unpaired) electrons.